The van der Waals surface area contributed by atoms with Gasteiger partial charge in [-0.3, -0.25) is 14.3 Å². The number of rotatable bonds is 7. The van der Waals surface area contributed by atoms with E-state index in [0.29, 0.717) is 6.54 Å². The van der Waals surface area contributed by atoms with Gasteiger partial charge < -0.3 is 21.1 Å². The van der Waals surface area contributed by atoms with Crippen molar-refractivity contribution in [2.45, 2.75) is 6.54 Å². The number of carbonyl (C=O) groups excluding carboxylic acids is 2. The van der Waals surface area contributed by atoms with Gasteiger partial charge in [-0.2, -0.15) is 5.10 Å². The molecule has 0 fully saturated rings. The summed E-state index contributed by atoms with van der Waals surface area (Å²) in [5.74, 6) is -1.99. The number of carboxylic acids is 1. The zero-order chi connectivity index (χ0) is 14.3. The van der Waals surface area contributed by atoms with E-state index >= 15 is 0 Å². The number of urea groups is 1. The second-order valence-electron chi connectivity index (χ2n) is 3.72. The number of amides is 3. The SMILES string of the molecule is NC(=O)CN(CC(=O)O)C(=O)NCCn1cccn1. The highest BCUT2D eigenvalue weighted by Gasteiger charge is 2.18. The third-order valence-electron chi connectivity index (χ3n) is 2.14. The van der Waals surface area contributed by atoms with Crippen molar-refractivity contribution >= 4 is 17.9 Å². The zero-order valence-corrected chi connectivity index (χ0v) is 10.2. The quantitative estimate of drug-likeness (QED) is 0.552. The first-order valence-electron chi connectivity index (χ1n) is 5.49. The summed E-state index contributed by atoms with van der Waals surface area (Å²) < 4.78 is 1.61. The Bertz CT molecular complexity index is 429. The predicted molar refractivity (Wildman–Crippen MR) is 64.0 cm³/mol. The highest BCUT2D eigenvalue weighted by molar-refractivity contribution is 5.85. The van der Waals surface area contributed by atoms with Gasteiger partial charge in [0.25, 0.3) is 0 Å². The van der Waals surface area contributed by atoms with Crippen LogP contribution < -0.4 is 11.1 Å². The Kier molecular flexibility index (Phi) is 5.33. The molecule has 9 heteroatoms. The van der Waals surface area contributed by atoms with Gasteiger partial charge >= 0.3 is 12.0 Å². The van der Waals surface area contributed by atoms with Crippen LogP contribution in [0.2, 0.25) is 0 Å². The third-order valence-corrected chi connectivity index (χ3v) is 2.14. The maximum Gasteiger partial charge on any atom is 0.323 e. The second-order valence-corrected chi connectivity index (χ2v) is 3.72. The highest BCUT2D eigenvalue weighted by Crippen LogP contribution is 1.90. The van der Waals surface area contributed by atoms with E-state index < -0.39 is 31.0 Å². The van der Waals surface area contributed by atoms with Crippen LogP contribution in [0, 0.1) is 0 Å². The molecule has 0 aromatic carbocycles. The molecule has 0 bridgehead atoms. The van der Waals surface area contributed by atoms with E-state index in [-0.39, 0.29) is 6.54 Å². The summed E-state index contributed by atoms with van der Waals surface area (Å²) in [5.41, 5.74) is 4.95. The normalized spacial score (nSPS) is 9.89. The summed E-state index contributed by atoms with van der Waals surface area (Å²) in [7, 11) is 0. The molecule has 0 saturated carbocycles. The number of hydrogen-bond donors (Lipinski definition) is 3. The van der Waals surface area contributed by atoms with Crippen molar-refractivity contribution in [3.8, 4) is 0 Å². The van der Waals surface area contributed by atoms with Crippen molar-refractivity contribution in [1.82, 2.24) is 20.0 Å². The molecule has 1 aromatic heterocycles. The molecule has 0 atom stereocenters. The van der Waals surface area contributed by atoms with Gasteiger partial charge in [-0.15, -0.1) is 0 Å². The molecule has 0 spiro atoms. The van der Waals surface area contributed by atoms with Crippen molar-refractivity contribution in [2.24, 2.45) is 5.73 Å². The maximum atomic E-state index is 11.7. The molecule has 3 amide bonds. The fourth-order valence-corrected chi connectivity index (χ4v) is 1.37. The van der Waals surface area contributed by atoms with Crippen molar-refractivity contribution in [3.63, 3.8) is 0 Å². The summed E-state index contributed by atoms with van der Waals surface area (Å²) >= 11 is 0. The van der Waals surface area contributed by atoms with Crippen LogP contribution in [0.15, 0.2) is 18.5 Å². The van der Waals surface area contributed by atoms with Crippen molar-refractivity contribution in [3.05, 3.63) is 18.5 Å². The molecule has 0 unspecified atom stereocenters. The molecular weight excluding hydrogens is 254 g/mol. The molecule has 0 aliphatic heterocycles. The summed E-state index contributed by atoms with van der Waals surface area (Å²) in [6, 6.07) is 1.08. The topological polar surface area (TPSA) is 131 Å². The maximum absolute atomic E-state index is 11.7. The summed E-state index contributed by atoms with van der Waals surface area (Å²) in [6.07, 6.45) is 3.33. The van der Waals surface area contributed by atoms with E-state index in [4.69, 9.17) is 10.8 Å². The lowest BCUT2D eigenvalue weighted by Crippen LogP contribution is -2.47. The molecule has 1 rings (SSSR count). The lowest BCUT2D eigenvalue weighted by molar-refractivity contribution is -0.137. The Labute approximate surface area is 109 Å². The Morgan fingerprint density at radius 3 is 2.63 bits per heavy atom. The van der Waals surface area contributed by atoms with Crippen LogP contribution in [0.3, 0.4) is 0 Å². The average Bonchev–Trinajstić information content (AvgIpc) is 2.79. The number of nitrogens with zero attached hydrogens (tertiary/aromatic N) is 3. The molecule has 1 aromatic rings. The smallest absolute Gasteiger partial charge is 0.323 e. The van der Waals surface area contributed by atoms with E-state index in [0.717, 1.165) is 4.90 Å². The Hall–Kier alpha value is -2.58. The van der Waals surface area contributed by atoms with Crippen LogP contribution in [0.5, 0.6) is 0 Å². The van der Waals surface area contributed by atoms with Gasteiger partial charge in [0.05, 0.1) is 6.54 Å². The molecule has 104 valence electrons. The van der Waals surface area contributed by atoms with Gasteiger partial charge in [0, 0.05) is 18.9 Å². The number of nitrogens with one attached hydrogen (secondary N) is 1. The molecule has 1 heterocycles. The van der Waals surface area contributed by atoms with Gasteiger partial charge in [0.2, 0.25) is 5.91 Å². The van der Waals surface area contributed by atoms with Crippen LogP contribution in [-0.2, 0) is 16.1 Å². The largest absolute Gasteiger partial charge is 0.480 e. The minimum Gasteiger partial charge on any atom is -0.480 e. The van der Waals surface area contributed by atoms with Crippen LogP contribution in [0.1, 0.15) is 0 Å². The van der Waals surface area contributed by atoms with Gasteiger partial charge in [-0.25, -0.2) is 4.79 Å². The minimum absolute atomic E-state index is 0.259. The first-order chi connectivity index (χ1) is 8.99. The Balaban J connectivity index is 2.42. The molecule has 19 heavy (non-hydrogen) atoms. The number of aliphatic carboxylic acids is 1. The Morgan fingerprint density at radius 2 is 2.11 bits per heavy atom. The van der Waals surface area contributed by atoms with Gasteiger partial charge in [-0.1, -0.05) is 0 Å². The molecular formula is C10H15N5O4. The standard InChI is InChI=1S/C10H15N5O4/c11-8(16)6-14(7-9(17)18)10(19)12-3-5-15-4-1-2-13-15/h1-2,4H,3,5-7H2,(H2,11,16)(H,12,19)(H,17,18). The molecule has 0 aliphatic rings. The number of carboxylic acid groups (broad SMARTS) is 1. The predicted octanol–water partition coefficient (Wildman–Crippen LogP) is -1.54. The zero-order valence-electron chi connectivity index (χ0n) is 10.2. The van der Waals surface area contributed by atoms with Gasteiger partial charge in [-0.05, 0) is 6.07 Å². The highest BCUT2D eigenvalue weighted by atomic mass is 16.4. The molecule has 0 aliphatic carbocycles. The van der Waals surface area contributed by atoms with Gasteiger partial charge in [0.1, 0.15) is 13.1 Å². The van der Waals surface area contributed by atoms with E-state index in [1.807, 2.05) is 0 Å². The third kappa shape index (κ3) is 5.52. The number of nitrogens with two attached hydrogens (primary N) is 1. The van der Waals surface area contributed by atoms with Crippen LogP contribution in [0.4, 0.5) is 4.79 Å². The second kappa shape index (κ2) is 6.99. The van der Waals surface area contributed by atoms with Crippen molar-refractivity contribution in [2.75, 3.05) is 19.6 Å². The summed E-state index contributed by atoms with van der Waals surface area (Å²) in [5, 5.41) is 15.1. The fraction of sp³-hybridized carbons (Fsp3) is 0.400. The first kappa shape index (κ1) is 14.5. The van der Waals surface area contributed by atoms with E-state index in [2.05, 4.69) is 10.4 Å². The monoisotopic (exact) mass is 269 g/mol. The summed E-state index contributed by atoms with van der Waals surface area (Å²) in [6.45, 7) is -0.331. The molecule has 0 saturated heterocycles. The lowest BCUT2D eigenvalue weighted by Gasteiger charge is -2.19. The minimum atomic E-state index is -1.22. The number of carbonyl (C=O) groups is 3. The summed E-state index contributed by atoms with van der Waals surface area (Å²) in [4.78, 5) is 33.8. The van der Waals surface area contributed by atoms with Crippen LogP contribution in [0.25, 0.3) is 0 Å². The molecule has 4 N–H and O–H groups in total. The number of primary amides is 1. The number of aromatic nitrogens is 2. The molecule has 0 radical (unpaired) electrons. The average molecular weight is 269 g/mol. The van der Waals surface area contributed by atoms with Crippen LogP contribution in [-0.4, -0.2) is 57.3 Å². The van der Waals surface area contributed by atoms with E-state index in [1.54, 1.807) is 23.1 Å². The first-order valence-corrected chi connectivity index (χ1v) is 5.49. The lowest BCUT2D eigenvalue weighted by atomic mass is 10.4. The van der Waals surface area contributed by atoms with Crippen LogP contribution >= 0.6 is 0 Å². The van der Waals surface area contributed by atoms with Crippen molar-refractivity contribution < 1.29 is 19.5 Å². The van der Waals surface area contributed by atoms with E-state index in [1.165, 1.54) is 0 Å². The number of hydrogen-bond acceptors (Lipinski definition) is 4. The van der Waals surface area contributed by atoms with Crippen molar-refractivity contribution in [1.29, 1.82) is 0 Å². The Morgan fingerprint density at radius 1 is 1.37 bits per heavy atom. The van der Waals surface area contributed by atoms with Gasteiger partial charge in [0.15, 0.2) is 0 Å². The van der Waals surface area contributed by atoms with E-state index in [9.17, 15) is 14.4 Å². The molecule has 9 nitrogen and oxygen atoms in total. The fourth-order valence-electron chi connectivity index (χ4n) is 1.37.